The van der Waals surface area contributed by atoms with Crippen molar-refractivity contribution in [2.24, 2.45) is 5.92 Å². The zero-order valence-electron chi connectivity index (χ0n) is 9.74. The van der Waals surface area contributed by atoms with Gasteiger partial charge in [-0.25, -0.2) is 0 Å². The van der Waals surface area contributed by atoms with E-state index in [1.54, 1.807) is 4.90 Å². The van der Waals surface area contributed by atoms with Crippen LogP contribution in [-0.2, 0) is 9.59 Å². The van der Waals surface area contributed by atoms with Crippen LogP contribution in [0.2, 0.25) is 0 Å². The van der Waals surface area contributed by atoms with Crippen molar-refractivity contribution in [2.45, 2.75) is 12.5 Å². The summed E-state index contributed by atoms with van der Waals surface area (Å²) < 4.78 is 0. The molecule has 1 aromatic rings. The zero-order valence-corrected chi connectivity index (χ0v) is 10.6. The van der Waals surface area contributed by atoms with Crippen LogP contribution in [0, 0.1) is 18.3 Å². The molecule has 2 rings (SSSR count). The highest BCUT2D eigenvalue weighted by atomic mass is 32.1. The molecule has 2 atom stereocenters. The molecule has 0 saturated carbocycles. The predicted molar refractivity (Wildman–Crippen MR) is 71.8 cm³/mol. The van der Waals surface area contributed by atoms with Crippen molar-refractivity contribution in [1.82, 2.24) is 4.90 Å². The summed E-state index contributed by atoms with van der Waals surface area (Å²) in [5.41, 5.74) is 0.889. The van der Waals surface area contributed by atoms with Crippen LogP contribution in [0.5, 0.6) is 0 Å². The summed E-state index contributed by atoms with van der Waals surface area (Å²) in [4.78, 5) is 24.7. The lowest BCUT2D eigenvalue weighted by Gasteiger charge is -2.23. The molecule has 0 radical (unpaired) electrons. The Balaban J connectivity index is 2.23. The Morgan fingerprint density at radius 3 is 2.61 bits per heavy atom. The lowest BCUT2D eigenvalue weighted by molar-refractivity contribution is -0.129. The minimum absolute atomic E-state index is 0.0887. The van der Waals surface area contributed by atoms with Crippen molar-refractivity contribution >= 4 is 23.7 Å². The Hall–Kier alpha value is -1.73. The Morgan fingerprint density at radius 1 is 1.44 bits per heavy atom. The van der Waals surface area contributed by atoms with Gasteiger partial charge in [-0.05, 0) is 5.56 Å². The Morgan fingerprint density at radius 2 is 2.11 bits per heavy atom. The third-order valence-corrected chi connectivity index (χ3v) is 3.46. The minimum Gasteiger partial charge on any atom is -0.324 e. The van der Waals surface area contributed by atoms with E-state index in [0.29, 0.717) is 6.54 Å². The van der Waals surface area contributed by atoms with Crippen LogP contribution >= 0.6 is 12.6 Å². The molecule has 92 valence electrons. The van der Waals surface area contributed by atoms with E-state index in [1.807, 2.05) is 30.3 Å². The third kappa shape index (κ3) is 2.41. The average molecular weight is 259 g/mol. The highest BCUT2D eigenvalue weighted by Crippen LogP contribution is 2.29. The second-order valence-corrected chi connectivity index (χ2v) is 4.71. The van der Waals surface area contributed by atoms with Crippen molar-refractivity contribution in [1.29, 1.82) is 0 Å². The molecule has 0 aromatic heterocycles. The molecule has 1 saturated heterocycles. The summed E-state index contributed by atoms with van der Waals surface area (Å²) in [6.45, 7) is 0.352. The van der Waals surface area contributed by atoms with Crippen LogP contribution < -0.4 is 0 Å². The molecule has 3 nitrogen and oxygen atoms in total. The Labute approximate surface area is 112 Å². The first kappa shape index (κ1) is 12.7. The van der Waals surface area contributed by atoms with E-state index in [2.05, 4.69) is 18.5 Å². The summed E-state index contributed by atoms with van der Waals surface area (Å²) in [6, 6.07) is 9.00. The van der Waals surface area contributed by atoms with Crippen molar-refractivity contribution in [3.63, 3.8) is 0 Å². The van der Waals surface area contributed by atoms with E-state index in [4.69, 9.17) is 6.42 Å². The minimum atomic E-state index is -0.406. The van der Waals surface area contributed by atoms with E-state index >= 15 is 0 Å². The number of nitrogens with zero attached hydrogens (tertiary/aromatic N) is 1. The number of hydrogen-bond donors (Lipinski definition) is 1. The summed E-state index contributed by atoms with van der Waals surface area (Å²) in [6.07, 6.45) is 5.72. The highest BCUT2D eigenvalue weighted by molar-refractivity contribution is 7.96. The summed E-state index contributed by atoms with van der Waals surface area (Å²) in [5, 5.41) is -0.255. The number of carbonyl (C=O) groups excluding carboxylic acids is 2. The molecule has 0 aliphatic carbocycles. The highest BCUT2D eigenvalue weighted by Gasteiger charge is 2.36. The smallest absolute Gasteiger partial charge is 0.224 e. The number of likely N-dealkylation sites (tertiary alicyclic amines) is 1. The van der Waals surface area contributed by atoms with Gasteiger partial charge in [0.05, 0.1) is 5.92 Å². The SMILES string of the molecule is C#C[C@@H](c1ccccc1)N1CC(C(=O)S)CC1=O. The molecule has 4 heteroatoms. The van der Waals surface area contributed by atoms with Crippen LogP contribution in [0.15, 0.2) is 30.3 Å². The molecule has 0 spiro atoms. The largest absolute Gasteiger partial charge is 0.324 e. The van der Waals surface area contributed by atoms with Gasteiger partial charge in [0.15, 0.2) is 5.12 Å². The maximum absolute atomic E-state index is 11.9. The fourth-order valence-electron chi connectivity index (χ4n) is 2.15. The van der Waals surface area contributed by atoms with Gasteiger partial charge in [0, 0.05) is 13.0 Å². The van der Waals surface area contributed by atoms with Crippen LogP contribution in [0.25, 0.3) is 0 Å². The van der Waals surface area contributed by atoms with Crippen molar-refractivity contribution in [2.75, 3.05) is 6.54 Å². The quantitative estimate of drug-likeness (QED) is 0.662. The second kappa shape index (κ2) is 5.28. The third-order valence-electron chi connectivity index (χ3n) is 3.09. The van der Waals surface area contributed by atoms with Crippen LogP contribution in [0.1, 0.15) is 18.0 Å². The summed E-state index contributed by atoms with van der Waals surface area (Å²) >= 11 is 3.79. The summed E-state index contributed by atoms with van der Waals surface area (Å²) in [5.74, 6) is 2.18. The van der Waals surface area contributed by atoms with Crippen LogP contribution in [0.4, 0.5) is 0 Å². The number of rotatable bonds is 3. The van der Waals surface area contributed by atoms with Gasteiger partial charge in [-0.3, -0.25) is 9.59 Å². The molecule has 0 N–H and O–H groups in total. The van der Waals surface area contributed by atoms with Gasteiger partial charge in [0.1, 0.15) is 6.04 Å². The van der Waals surface area contributed by atoms with Gasteiger partial charge < -0.3 is 4.90 Å². The standard InChI is InChI=1S/C14H13NO2S/c1-2-12(10-6-4-3-5-7-10)15-9-11(14(17)18)8-13(15)16/h1,3-7,11-12H,8-9H2,(H,17,18)/t11?,12-/m0/s1. The van der Waals surface area contributed by atoms with Gasteiger partial charge in [0.2, 0.25) is 5.91 Å². The number of benzene rings is 1. The maximum atomic E-state index is 11.9. The first-order valence-corrected chi connectivity index (χ1v) is 6.11. The Kier molecular flexibility index (Phi) is 3.73. The predicted octanol–water partition coefficient (Wildman–Crippen LogP) is 1.67. The van der Waals surface area contributed by atoms with Gasteiger partial charge in [-0.1, -0.05) is 36.3 Å². The fourth-order valence-corrected chi connectivity index (χ4v) is 2.32. The van der Waals surface area contributed by atoms with Crippen LogP contribution in [0.3, 0.4) is 0 Å². The van der Waals surface area contributed by atoms with Gasteiger partial charge >= 0.3 is 0 Å². The molecular weight excluding hydrogens is 246 g/mol. The van der Waals surface area contributed by atoms with Gasteiger partial charge in [-0.2, -0.15) is 0 Å². The average Bonchev–Trinajstić information content (AvgIpc) is 2.74. The Bertz CT molecular complexity index is 506. The molecule has 1 aliphatic heterocycles. The lowest BCUT2D eigenvalue weighted by Crippen LogP contribution is -2.29. The number of hydrogen-bond acceptors (Lipinski definition) is 2. The molecule has 1 aromatic carbocycles. The molecule has 1 heterocycles. The van der Waals surface area contributed by atoms with E-state index < -0.39 is 6.04 Å². The van der Waals surface area contributed by atoms with Gasteiger partial charge in [0.25, 0.3) is 0 Å². The van der Waals surface area contributed by atoms with E-state index in [9.17, 15) is 9.59 Å². The van der Waals surface area contributed by atoms with Gasteiger partial charge in [-0.15, -0.1) is 19.1 Å². The first-order chi connectivity index (χ1) is 8.63. The summed E-state index contributed by atoms with van der Waals surface area (Å²) in [7, 11) is 0. The normalized spacial score (nSPS) is 20.6. The second-order valence-electron chi connectivity index (χ2n) is 4.27. The number of thiol groups is 1. The maximum Gasteiger partial charge on any atom is 0.224 e. The zero-order chi connectivity index (χ0) is 13.1. The van der Waals surface area contributed by atoms with E-state index in [-0.39, 0.29) is 23.4 Å². The van der Waals surface area contributed by atoms with Crippen LogP contribution in [-0.4, -0.2) is 22.5 Å². The topological polar surface area (TPSA) is 37.4 Å². The molecule has 18 heavy (non-hydrogen) atoms. The molecular formula is C14H13NO2S. The van der Waals surface area contributed by atoms with E-state index in [1.165, 1.54) is 0 Å². The van der Waals surface area contributed by atoms with Crippen molar-refractivity contribution in [3.05, 3.63) is 35.9 Å². The molecule has 1 fully saturated rings. The molecule has 1 unspecified atom stereocenters. The molecule has 1 aliphatic rings. The molecule has 1 amide bonds. The number of carbonyl (C=O) groups is 2. The van der Waals surface area contributed by atoms with E-state index in [0.717, 1.165) is 5.56 Å². The van der Waals surface area contributed by atoms with Crippen molar-refractivity contribution in [3.8, 4) is 12.3 Å². The first-order valence-electron chi connectivity index (χ1n) is 5.67. The molecule has 0 bridgehead atoms. The number of amides is 1. The lowest BCUT2D eigenvalue weighted by atomic mass is 10.1. The fraction of sp³-hybridized carbons (Fsp3) is 0.286. The van der Waals surface area contributed by atoms with Crippen molar-refractivity contribution < 1.29 is 9.59 Å². The number of terminal acetylenes is 1. The monoisotopic (exact) mass is 259 g/mol.